The third-order valence-electron chi connectivity index (χ3n) is 3.69. The molecule has 26 heavy (non-hydrogen) atoms. The fourth-order valence-electron chi connectivity index (χ4n) is 2.44. The van der Waals surface area contributed by atoms with Gasteiger partial charge in [0.2, 0.25) is 0 Å². The smallest absolute Gasteiger partial charge is 0.341 e. The van der Waals surface area contributed by atoms with Gasteiger partial charge in [0.05, 0.1) is 19.8 Å². The molecule has 2 aromatic rings. The van der Waals surface area contributed by atoms with Crippen LogP contribution < -0.4 is 14.2 Å². The first kappa shape index (κ1) is 19.1. The number of carboxylic acids is 1. The van der Waals surface area contributed by atoms with E-state index in [1.807, 2.05) is 0 Å². The molecule has 0 aromatic heterocycles. The fourth-order valence-corrected chi connectivity index (χ4v) is 2.44. The normalized spacial score (nSPS) is 10.1. The van der Waals surface area contributed by atoms with E-state index < -0.39 is 12.6 Å². The van der Waals surface area contributed by atoms with Crippen molar-refractivity contribution in [3.8, 4) is 17.2 Å². The van der Waals surface area contributed by atoms with Gasteiger partial charge in [0.1, 0.15) is 5.75 Å². The van der Waals surface area contributed by atoms with Crippen LogP contribution in [0.5, 0.6) is 17.2 Å². The van der Waals surface area contributed by atoms with Crippen LogP contribution in [0.4, 0.5) is 0 Å². The van der Waals surface area contributed by atoms with E-state index >= 15 is 0 Å². The number of benzene rings is 2. The fraction of sp³-hybridized carbons (Fsp3) is 0.263. The SMILES string of the molecule is COc1cccc(C(=O)N(C)Cc2ccc(OCC(=O)O)cc2)c1OC. The summed E-state index contributed by atoms with van der Waals surface area (Å²) in [5, 5.41) is 8.61. The third kappa shape index (κ3) is 4.66. The van der Waals surface area contributed by atoms with Crippen molar-refractivity contribution in [3.63, 3.8) is 0 Å². The standard InChI is InChI=1S/C19H21NO6/c1-20(11-13-7-9-14(10-8-13)26-12-17(21)22)19(23)15-5-4-6-16(24-2)18(15)25-3/h4-10H,11-12H2,1-3H3,(H,21,22). The minimum absolute atomic E-state index is 0.202. The van der Waals surface area contributed by atoms with Crippen molar-refractivity contribution < 1.29 is 28.9 Å². The molecule has 0 fully saturated rings. The van der Waals surface area contributed by atoms with Crippen LogP contribution in [0.1, 0.15) is 15.9 Å². The summed E-state index contributed by atoms with van der Waals surface area (Å²) in [6, 6.07) is 12.0. The molecule has 0 unspecified atom stereocenters. The number of hydrogen-bond acceptors (Lipinski definition) is 5. The summed E-state index contributed by atoms with van der Waals surface area (Å²) in [6.45, 7) is -0.0220. The van der Waals surface area contributed by atoms with Gasteiger partial charge in [0, 0.05) is 13.6 Å². The molecule has 0 saturated carbocycles. The van der Waals surface area contributed by atoms with Crippen molar-refractivity contribution in [2.24, 2.45) is 0 Å². The molecule has 1 N–H and O–H groups in total. The van der Waals surface area contributed by atoms with Crippen LogP contribution in [-0.2, 0) is 11.3 Å². The highest BCUT2D eigenvalue weighted by molar-refractivity contribution is 5.97. The van der Waals surface area contributed by atoms with E-state index in [-0.39, 0.29) is 5.91 Å². The molecule has 0 bridgehead atoms. The largest absolute Gasteiger partial charge is 0.493 e. The first-order valence-corrected chi connectivity index (χ1v) is 7.86. The molecule has 1 amide bonds. The van der Waals surface area contributed by atoms with E-state index in [0.717, 1.165) is 5.56 Å². The van der Waals surface area contributed by atoms with Gasteiger partial charge in [-0.1, -0.05) is 18.2 Å². The number of carbonyl (C=O) groups is 2. The molecule has 2 rings (SSSR count). The minimum atomic E-state index is -1.04. The van der Waals surface area contributed by atoms with Crippen LogP contribution in [0.3, 0.4) is 0 Å². The van der Waals surface area contributed by atoms with Gasteiger partial charge in [-0.2, -0.15) is 0 Å². The summed E-state index contributed by atoms with van der Waals surface area (Å²) in [6.07, 6.45) is 0. The number of ether oxygens (including phenoxy) is 3. The number of aliphatic carboxylic acids is 1. The summed E-state index contributed by atoms with van der Waals surface area (Å²) in [5.41, 5.74) is 1.29. The summed E-state index contributed by atoms with van der Waals surface area (Å²) < 4.78 is 15.6. The van der Waals surface area contributed by atoms with Crippen LogP contribution in [0.25, 0.3) is 0 Å². The number of rotatable bonds is 8. The van der Waals surface area contributed by atoms with Gasteiger partial charge in [-0.25, -0.2) is 4.79 Å². The Bertz CT molecular complexity index is 772. The molecule has 0 aliphatic heterocycles. The molecule has 0 aliphatic rings. The number of nitrogens with zero attached hydrogens (tertiary/aromatic N) is 1. The molecule has 0 atom stereocenters. The van der Waals surface area contributed by atoms with Gasteiger partial charge < -0.3 is 24.2 Å². The van der Waals surface area contributed by atoms with Gasteiger partial charge in [0.15, 0.2) is 18.1 Å². The van der Waals surface area contributed by atoms with Gasteiger partial charge in [-0.3, -0.25) is 4.79 Å². The average molecular weight is 359 g/mol. The number of carboxylic acid groups (broad SMARTS) is 1. The van der Waals surface area contributed by atoms with Gasteiger partial charge in [-0.15, -0.1) is 0 Å². The lowest BCUT2D eigenvalue weighted by Crippen LogP contribution is -2.26. The predicted molar refractivity (Wildman–Crippen MR) is 94.9 cm³/mol. The molecule has 2 aromatic carbocycles. The quantitative estimate of drug-likeness (QED) is 0.779. The number of amides is 1. The topological polar surface area (TPSA) is 85.3 Å². The Kier molecular flexibility index (Phi) is 6.43. The van der Waals surface area contributed by atoms with Gasteiger partial charge in [0.25, 0.3) is 5.91 Å². The number of hydrogen-bond donors (Lipinski definition) is 1. The van der Waals surface area contributed by atoms with E-state index in [0.29, 0.717) is 29.4 Å². The van der Waals surface area contributed by atoms with Crippen LogP contribution in [0.15, 0.2) is 42.5 Å². The Morgan fingerprint density at radius 2 is 1.73 bits per heavy atom. The first-order valence-electron chi connectivity index (χ1n) is 7.86. The number of para-hydroxylation sites is 1. The maximum absolute atomic E-state index is 12.7. The molecular formula is C19H21NO6. The summed E-state index contributed by atoms with van der Waals surface area (Å²) in [7, 11) is 4.70. The molecule has 0 saturated heterocycles. The zero-order valence-corrected chi connectivity index (χ0v) is 14.9. The van der Waals surface area contributed by atoms with E-state index in [1.165, 1.54) is 14.2 Å². The summed E-state index contributed by atoms with van der Waals surface area (Å²) in [4.78, 5) is 24.8. The monoisotopic (exact) mass is 359 g/mol. The lowest BCUT2D eigenvalue weighted by Gasteiger charge is -2.20. The van der Waals surface area contributed by atoms with Crippen molar-refractivity contribution in [2.75, 3.05) is 27.9 Å². The highest BCUT2D eigenvalue weighted by atomic mass is 16.5. The molecule has 0 heterocycles. The van der Waals surface area contributed by atoms with Crippen molar-refractivity contribution >= 4 is 11.9 Å². The molecule has 0 aliphatic carbocycles. The number of methoxy groups -OCH3 is 2. The van der Waals surface area contributed by atoms with Crippen LogP contribution in [-0.4, -0.2) is 49.8 Å². The predicted octanol–water partition coefficient (Wildman–Crippen LogP) is 2.44. The Morgan fingerprint density at radius 1 is 1.04 bits per heavy atom. The Labute approximate surface area is 151 Å². The lowest BCUT2D eigenvalue weighted by atomic mass is 10.1. The van der Waals surface area contributed by atoms with Crippen molar-refractivity contribution in [1.82, 2.24) is 4.90 Å². The third-order valence-corrected chi connectivity index (χ3v) is 3.69. The van der Waals surface area contributed by atoms with Crippen LogP contribution >= 0.6 is 0 Å². The van der Waals surface area contributed by atoms with Gasteiger partial charge in [-0.05, 0) is 29.8 Å². The Morgan fingerprint density at radius 3 is 2.31 bits per heavy atom. The number of carbonyl (C=O) groups excluding carboxylic acids is 1. The maximum atomic E-state index is 12.7. The van der Waals surface area contributed by atoms with E-state index in [2.05, 4.69) is 0 Å². The van der Waals surface area contributed by atoms with Gasteiger partial charge >= 0.3 is 5.97 Å². The molecule has 7 heteroatoms. The first-order chi connectivity index (χ1) is 12.5. The second kappa shape index (κ2) is 8.75. The molecule has 0 radical (unpaired) electrons. The zero-order valence-electron chi connectivity index (χ0n) is 14.9. The van der Waals surface area contributed by atoms with E-state index in [4.69, 9.17) is 19.3 Å². The maximum Gasteiger partial charge on any atom is 0.341 e. The van der Waals surface area contributed by atoms with Crippen molar-refractivity contribution in [1.29, 1.82) is 0 Å². The van der Waals surface area contributed by atoms with E-state index in [1.54, 1.807) is 54.4 Å². The summed E-state index contributed by atoms with van der Waals surface area (Å²) >= 11 is 0. The highest BCUT2D eigenvalue weighted by Crippen LogP contribution is 2.31. The second-order valence-electron chi connectivity index (χ2n) is 5.53. The van der Waals surface area contributed by atoms with E-state index in [9.17, 15) is 9.59 Å². The molecular weight excluding hydrogens is 338 g/mol. The molecule has 7 nitrogen and oxygen atoms in total. The summed E-state index contributed by atoms with van der Waals surface area (Å²) in [5.74, 6) is 0.106. The van der Waals surface area contributed by atoms with Crippen LogP contribution in [0, 0.1) is 0 Å². The van der Waals surface area contributed by atoms with Crippen molar-refractivity contribution in [2.45, 2.75) is 6.54 Å². The minimum Gasteiger partial charge on any atom is -0.493 e. The van der Waals surface area contributed by atoms with Crippen LogP contribution in [0.2, 0.25) is 0 Å². The molecule has 138 valence electrons. The zero-order chi connectivity index (χ0) is 19.1. The molecule has 0 spiro atoms. The highest BCUT2D eigenvalue weighted by Gasteiger charge is 2.19. The Balaban J connectivity index is 2.09. The Hall–Kier alpha value is -3.22. The average Bonchev–Trinajstić information content (AvgIpc) is 2.65. The second-order valence-corrected chi connectivity index (χ2v) is 5.53. The lowest BCUT2D eigenvalue weighted by molar-refractivity contribution is -0.139. The van der Waals surface area contributed by atoms with Crippen molar-refractivity contribution in [3.05, 3.63) is 53.6 Å².